The number of para-hydroxylation sites is 1. The third-order valence-corrected chi connectivity index (χ3v) is 4.68. The zero-order valence-electron chi connectivity index (χ0n) is 16.7. The molecule has 0 spiro atoms. The van der Waals surface area contributed by atoms with E-state index >= 15 is 0 Å². The highest BCUT2D eigenvalue weighted by Crippen LogP contribution is 2.30. The maximum Gasteiger partial charge on any atom is 0.260 e. The van der Waals surface area contributed by atoms with Crippen molar-refractivity contribution in [2.24, 2.45) is 0 Å². The lowest BCUT2D eigenvalue weighted by Crippen LogP contribution is -2.44. The molecule has 0 radical (unpaired) electrons. The van der Waals surface area contributed by atoms with Crippen molar-refractivity contribution >= 4 is 5.91 Å². The molecular weight excluding hydrogens is 342 g/mol. The number of nitriles is 1. The first-order chi connectivity index (χ1) is 12.9. The van der Waals surface area contributed by atoms with Crippen LogP contribution in [0.15, 0.2) is 24.3 Å². The molecule has 6 nitrogen and oxygen atoms in total. The van der Waals surface area contributed by atoms with Gasteiger partial charge in [0.15, 0.2) is 6.61 Å². The summed E-state index contributed by atoms with van der Waals surface area (Å²) in [7, 11) is 0. The van der Waals surface area contributed by atoms with Crippen LogP contribution in [0.5, 0.6) is 5.75 Å². The van der Waals surface area contributed by atoms with Gasteiger partial charge in [0.25, 0.3) is 5.91 Å². The monoisotopic (exact) mass is 373 g/mol. The van der Waals surface area contributed by atoms with E-state index in [1.165, 1.54) is 0 Å². The number of hydrogen-bond donors (Lipinski definition) is 0. The molecule has 0 unspecified atom stereocenters. The molecule has 148 valence electrons. The number of rotatable bonds is 8. The summed E-state index contributed by atoms with van der Waals surface area (Å²) in [6.07, 6.45) is 0.327. The number of hydrogen-bond acceptors (Lipinski definition) is 5. The summed E-state index contributed by atoms with van der Waals surface area (Å²) < 4.78 is 11.2. The molecule has 1 aliphatic heterocycles. The summed E-state index contributed by atoms with van der Waals surface area (Å²) in [6.45, 7) is 11.4. The SMILES string of the molecule is CC(C)(C)c1ccccc1OCC(=O)N(CCC#N)CCN1CCOCC1. The average Bonchev–Trinajstić information content (AvgIpc) is 2.66. The number of ether oxygens (including phenoxy) is 2. The first kappa shape index (κ1) is 21.2. The molecule has 0 N–H and O–H groups in total. The number of benzene rings is 1. The topological polar surface area (TPSA) is 65.8 Å². The van der Waals surface area contributed by atoms with Crippen molar-refractivity contribution in [3.63, 3.8) is 0 Å². The van der Waals surface area contributed by atoms with Gasteiger partial charge in [-0.05, 0) is 17.0 Å². The van der Waals surface area contributed by atoms with E-state index in [0.717, 1.165) is 44.2 Å². The predicted molar refractivity (Wildman–Crippen MR) is 105 cm³/mol. The van der Waals surface area contributed by atoms with Gasteiger partial charge < -0.3 is 14.4 Å². The number of nitrogens with zero attached hydrogens (tertiary/aromatic N) is 3. The van der Waals surface area contributed by atoms with E-state index in [0.29, 0.717) is 19.5 Å². The molecule has 0 aliphatic carbocycles. The summed E-state index contributed by atoms with van der Waals surface area (Å²) in [6, 6.07) is 9.96. The summed E-state index contributed by atoms with van der Waals surface area (Å²) in [5, 5.41) is 8.90. The van der Waals surface area contributed by atoms with Gasteiger partial charge in [0, 0.05) is 32.7 Å². The fourth-order valence-corrected chi connectivity index (χ4v) is 3.08. The van der Waals surface area contributed by atoms with E-state index in [4.69, 9.17) is 14.7 Å². The van der Waals surface area contributed by atoms with Crippen molar-refractivity contribution in [1.29, 1.82) is 5.26 Å². The van der Waals surface area contributed by atoms with E-state index in [1.807, 2.05) is 24.3 Å². The molecule has 0 bridgehead atoms. The molecule has 1 fully saturated rings. The van der Waals surface area contributed by atoms with Crippen LogP contribution in [0.4, 0.5) is 0 Å². The molecule has 1 aromatic carbocycles. The largest absolute Gasteiger partial charge is 0.483 e. The molecule has 2 rings (SSSR count). The molecule has 1 heterocycles. The predicted octanol–water partition coefficient (Wildman–Crippen LogP) is 2.44. The van der Waals surface area contributed by atoms with Crippen LogP contribution < -0.4 is 4.74 Å². The second-order valence-corrected chi connectivity index (χ2v) is 7.78. The van der Waals surface area contributed by atoms with Crippen molar-refractivity contribution in [3.05, 3.63) is 29.8 Å². The van der Waals surface area contributed by atoms with Gasteiger partial charge in [0.1, 0.15) is 5.75 Å². The van der Waals surface area contributed by atoms with Crippen LogP contribution in [0, 0.1) is 11.3 Å². The highest BCUT2D eigenvalue weighted by atomic mass is 16.5. The molecule has 0 aromatic heterocycles. The average molecular weight is 373 g/mol. The Labute approximate surface area is 162 Å². The Morgan fingerprint density at radius 1 is 1.26 bits per heavy atom. The van der Waals surface area contributed by atoms with Crippen molar-refractivity contribution in [3.8, 4) is 11.8 Å². The van der Waals surface area contributed by atoms with Gasteiger partial charge >= 0.3 is 0 Å². The number of morpholine rings is 1. The Kier molecular flexibility index (Phi) is 8.08. The van der Waals surface area contributed by atoms with Crippen molar-refractivity contribution in [1.82, 2.24) is 9.80 Å². The highest BCUT2D eigenvalue weighted by molar-refractivity contribution is 5.77. The van der Waals surface area contributed by atoms with E-state index in [-0.39, 0.29) is 17.9 Å². The Morgan fingerprint density at radius 2 is 1.96 bits per heavy atom. The third kappa shape index (κ3) is 6.85. The van der Waals surface area contributed by atoms with E-state index in [1.54, 1.807) is 4.90 Å². The van der Waals surface area contributed by atoms with Gasteiger partial charge in [0.05, 0.1) is 25.7 Å². The lowest BCUT2D eigenvalue weighted by atomic mass is 9.86. The van der Waals surface area contributed by atoms with Crippen LogP contribution >= 0.6 is 0 Å². The van der Waals surface area contributed by atoms with Gasteiger partial charge in [-0.3, -0.25) is 9.69 Å². The third-order valence-electron chi connectivity index (χ3n) is 4.68. The number of carbonyl (C=O) groups excluding carboxylic acids is 1. The molecule has 1 aromatic rings. The summed E-state index contributed by atoms with van der Waals surface area (Å²) in [5.74, 6) is 0.661. The Morgan fingerprint density at radius 3 is 2.63 bits per heavy atom. The van der Waals surface area contributed by atoms with E-state index in [2.05, 4.69) is 31.7 Å². The molecule has 27 heavy (non-hydrogen) atoms. The standard InChI is InChI=1S/C21H31N3O3/c1-21(2,3)18-7-4-5-8-19(18)27-17-20(25)24(10-6-9-22)12-11-23-13-15-26-16-14-23/h4-5,7-8H,6,10-17H2,1-3H3. The van der Waals surface area contributed by atoms with Crippen molar-refractivity contribution < 1.29 is 14.3 Å². The number of carbonyl (C=O) groups is 1. The molecule has 0 saturated carbocycles. The Balaban J connectivity index is 1.94. The minimum Gasteiger partial charge on any atom is -0.483 e. The molecule has 0 atom stereocenters. The van der Waals surface area contributed by atoms with Gasteiger partial charge in [0.2, 0.25) is 0 Å². The maximum absolute atomic E-state index is 12.7. The van der Waals surface area contributed by atoms with Gasteiger partial charge in [-0.2, -0.15) is 5.26 Å². The van der Waals surface area contributed by atoms with E-state index in [9.17, 15) is 4.79 Å². The van der Waals surface area contributed by atoms with Crippen molar-refractivity contribution in [2.45, 2.75) is 32.6 Å². The molecule has 1 amide bonds. The van der Waals surface area contributed by atoms with Crippen LogP contribution in [0.3, 0.4) is 0 Å². The maximum atomic E-state index is 12.7. The lowest BCUT2D eigenvalue weighted by Gasteiger charge is -2.30. The fraction of sp³-hybridized carbons (Fsp3) is 0.619. The molecule has 1 aliphatic rings. The number of amides is 1. The Bertz CT molecular complexity index is 643. The molecule has 1 saturated heterocycles. The quantitative estimate of drug-likeness (QED) is 0.700. The summed E-state index contributed by atoms with van der Waals surface area (Å²) >= 11 is 0. The molecule has 6 heteroatoms. The van der Waals surface area contributed by atoms with E-state index < -0.39 is 0 Å². The first-order valence-corrected chi connectivity index (χ1v) is 9.59. The summed E-state index contributed by atoms with van der Waals surface area (Å²) in [4.78, 5) is 16.7. The van der Waals surface area contributed by atoms with Gasteiger partial charge in [-0.1, -0.05) is 39.0 Å². The smallest absolute Gasteiger partial charge is 0.260 e. The minimum absolute atomic E-state index is 0.0123. The van der Waals surface area contributed by atoms with Crippen LogP contribution in [0.2, 0.25) is 0 Å². The zero-order chi connectivity index (χ0) is 19.7. The van der Waals surface area contributed by atoms with Crippen LogP contribution in [-0.4, -0.2) is 68.3 Å². The molecular formula is C21H31N3O3. The second-order valence-electron chi connectivity index (χ2n) is 7.78. The van der Waals surface area contributed by atoms with Crippen LogP contribution in [0.25, 0.3) is 0 Å². The van der Waals surface area contributed by atoms with Crippen LogP contribution in [-0.2, 0) is 14.9 Å². The second kappa shape index (κ2) is 10.3. The van der Waals surface area contributed by atoms with Crippen molar-refractivity contribution in [2.75, 3.05) is 52.5 Å². The fourth-order valence-electron chi connectivity index (χ4n) is 3.08. The first-order valence-electron chi connectivity index (χ1n) is 9.59. The normalized spacial score (nSPS) is 15.2. The van der Waals surface area contributed by atoms with Gasteiger partial charge in [-0.25, -0.2) is 0 Å². The Hall–Kier alpha value is -2.10. The van der Waals surface area contributed by atoms with Crippen LogP contribution in [0.1, 0.15) is 32.8 Å². The van der Waals surface area contributed by atoms with Gasteiger partial charge in [-0.15, -0.1) is 0 Å². The minimum atomic E-state index is -0.0813. The lowest BCUT2D eigenvalue weighted by molar-refractivity contribution is -0.133. The zero-order valence-corrected chi connectivity index (χ0v) is 16.7. The summed E-state index contributed by atoms with van der Waals surface area (Å²) in [5.41, 5.74) is 1.02. The highest BCUT2D eigenvalue weighted by Gasteiger charge is 2.21.